The third kappa shape index (κ3) is 4.76. The largest absolute Gasteiger partial charge is 0.480 e. The lowest BCUT2D eigenvalue weighted by atomic mass is 10.2. The molecule has 0 spiro atoms. The molecule has 12 nitrogen and oxygen atoms in total. The molecule has 28 heavy (non-hydrogen) atoms. The van der Waals surface area contributed by atoms with Crippen LogP contribution in [0.2, 0.25) is 0 Å². The molecule has 0 saturated heterocycles. The molecular weight excluding hydrogens is 374 g/mol. The number of anilines is 1. The minimum atomic E-state index is -0.806. The number of hydrogen-bond donors (Lipinski definition) is 1. The SMILES string of the molecule is C#CCOc1ccc([N+](=O)[O-])cc1/C=N/Nc1ccc([N+](=O)[O-])cc1[N+](=O)[O-]. The summed E-state index contributed by atoms with van der Waals surface area (Å²) in [5.41, 5.74) is 1.23. The van der Waals surface area contributed by atoms with Gasteiger partial charge in [-0.3, -0.25) is 35.8 Å². The standard InChI is InChI=1S/C16H11N5O7/c1-2-7-28-16-6-4-12(19(22)23)8-11(16)10-17-18-14-5-3-13(20(24)25)9-15(14)21(26)27/h1,3-6,8-10,18H,7H2/b17-10+. The number of hydrogen-bond acceptors (Lipinski definition) is 9. The predicted octanol–water partition coefficient (Wildman–Crippen LogP) is 2.87. The van der Waals surface area contributed by atoms with Crippen molar-refractivity contribution >= 4 is 29.0 Å². The molecule has 0 bridgehead atoms. The summed E-state index contributed by atoms with van der Waals surface area (Å²) in [6.07, 6.45) is 6.26. The zero-order valence-corrected chi connectivity index (χ0v) is 14.0. The van der Waals surface area contributed by atoms with E-state index in [2.05, 4.69) is 16.4 Å². The molecule has 0 aromatic heterocycles. The van der Waals surface area contributed by atoms with Gasteiger partial charge in [-0.05, 0) is 12.1 Å². The third-order valence-corrected chi connectivity index (χ3v) is 3.29. The molecule has 1 N–H and O–H groups in total. The van der Waals surface area contributed by atoms with Gasteiger partial charge in [0.1, 0.15) is 18.0 Å². The van der Waals surface area contributed by atoms with Crippen LogP contribution < -0.4 is 10.2 Å². The predicted molar refractivity (Wildman–Crippen MR) is 98.4 cm³/mol. The molecule has 0 aliphatic rings. The van der Waals surface area contributed by atoms with E-state index in [4.69, 9.17) is 11.2 Å². The lowest BCUT2D eigenvalue weighted by Gasteiger charge is -2.06. The maximum atomic E-state index is 11.1. The summed E-state index contributed by atoms with van der Waals surface area (Å²) in [4.78, 5) is 30.6. The average Bonchev–Trinajstić information content (AvgIpc) is 2.66. The Morgan fingerprint density at radius 1 is 1.04 bits per heavy atom. The fraction of sp³-hybridized carbons (Fsp3) is 0.0625. The van der Waals surface area contributed by atoms with Crippen LogP contribution in [0.3, 0.4) is 0 Å². The van der Waals surface area contributed by atoms with E-state index >= 15 is 0 Å². The Hall–Kier alpha value is -4.53. The topological polar surface area (TPSA) is 163 Å². The summed E-state index contributed by atoms with van der Waals surface area (Å²) < 4.78 is 5.27. The van der Waals surface area contributed by atoms with Gasteiger partial charge in [-0.15, -0.1) is 6.42 Å². The van der Waals surface area contributed by atoms with Crippen molar-refractivity contribution in [3.05, 3.63) is 72.3 Å². The van der Waals surface area contributed by atoms with Crippen LogP contribution in [0.4, 0.5) is 22.7 Å². The monoisotopic (exact) mass is 385 g/mol. The Labute approximate surface area is 156 Å². The minimum absolute atomic E-state index is 0.0834. The zero-order chi connectivity index (χ0) is 20.7. The first-order valence-electron chi connectivity index (χ1n) is 7.40. The zero-order valence-electron chi connectivity index (χ0n) is 14.0. The van der Waals surface area contributed by atoms with Gasteiger partial charge in [0.05, 0.1) is 27.1 Å². The number of rotatable bonds is 8. The van der Waals surface area contributed by atoms with Gasteiger partial charge >= 0.3 is 5.69 Å². The molecule has 142 valence electrons. The number of nitro groups is 3. The smallest absolute Gasteiger partial charge is 0.301 e. The fourth-order valence-corrected chi connectivity index (χ4v) is 2.05. The van der Waals surface area contributed by atoms with Crippen molar-refractivity contribution in [1.29, 1.82) is 0 Å². The van der Waals surface area contributed by atoms with Crippen molar-refractivity contribution in [2.75, 3.05) is 12.0 Å². The van der Waals surface area contributed by atoms with E-state index < -0.39 is 26.1 Å². The Kier molecular flexibility index (Phi) is 6.16. The molecule has 12 heteroatoms. The Bertz CT molecular complexity index is 1010. The molecule has 0 aliphatic carbocycles. The van der Waals surface area contributed by atoms with E-state index in [0.717, 1.165) is 24.4 Å². The van der Waals surface area contributed by atoms with Crippen LogP contribution >= 0.6 is 0 Å². The molecule has 2 rings (SSSR count). The molecule has 0 unspecified atom stereocenters. The second-order valence-electron chi connectivity index (χ2n) is 5.06. The number of benzene rings is 2. The van der Waals surface area contributed by atoms with Gasteiger partial charge in [-0.25, -0.2) is 0 Å². The Morgan fingerprint density at radius 3 is 2.29 bits per heavy atom. The molecule has 0 radical (unpaired) electrons. The van der Waals surface area contributed by atoms with E-state index in [0.29, 0.717) is 0 Å². The highest BCUT2D eigenvalue weighted by Gasteiger charge is 2.19. The number of hydrazone groups is 1. The Morgan fingerprint density at radius 2 is 1.68 bits per heavy atom. The van der Waals surface area contributed by atoms with Crippen molar-refractivity contribution in [3.8, 4) is 18.1 Å². The van der Waals surface area contributed by atoms with E-state index in [1.165, 1.54) is 18.2 Å². The summed E-state index contributed by atoms with van der Waals surface area (Å²) in [6.45, 7) is -0.0834. The maximum Gasteiger partial charge on any atom is 0.301 e. The number of nitrogens with one attached hydrogen (secondary N) is 1. The highest BCUT2D eigenvalue weighted by Crippen LogP contribution is 2.29. The minimum Gasteiger partial charge on any atom is -0.480 e. The second-order valence-corrected chi connectivity index (χ2v) is 5.06. The summed E-state index contributed by atoms with van der Waals surface area (Å²) in [5.74, 6) is 2.47. The number of terminal acetylenes is 1. The van der Waals surface area contributed by atoms with Crippen molar-refractivity contribution in [2.24, 2.45) is 5.10 Å². The van der Waals surface area contributed by atoms with Gasteiger partial charge in [-0.2, -0.15) is 5.10 Å². The van der Waals surface area contributed by atoms with Crippen LogP contribution in [0, 0.1) is 42.7 Å². The van der Waals surface area contributed by atoms with Crippen LogP contribution in [0.5, 0.6) is 5.75 Å². The average molecular weight is 385 g/mol. The summed E-state index contributed by atoms with van der Waals surface area (Å²) in [7, 11) is 0. The van der Waals surface area contributed by atoms with Crippen molar-refractivity contribution in [2.45, 2.75) is 0 Å². The van der Waals surface area contributed by atoms with Crippen molar-refractivity contribution in [1.82, 2.24) is 0 Å². The van der Waals surface area contributed by atoms with Crippen LogP contribution in [-0.4, -0.2) is 27.6 Å². The molecule has 2 aromatic rings. The molecule has 0 saturated carbocycles. The molecule has 0 amide bonds. The van der Waals surface area contributed by atoms with E-state index in [1.54, 1.807) is 0 Å². The normalized spacial score (nSPS) is 10.2. The number of nitro benzene ring substituents is 3. The summed E-state index contributed by atoms with van der Waals surface area (Å²) >= 11 is 0. The van der Waals surface area contributed by atoms with Crippen molar-refractivity contribution in [3.63, 3.8) is 0 Å². The second kappa shape index (κ2) is 8.72. The molecule has 0 aliphatic heterocycles. The highest BCUT2D eigenvalue weighted by molar-refractivity contribution is 5.85. The highest BCUT2D eigenvalue weighted by atomic mass is 16.6. The maximum absolute atomic E-state index is 11.1. The number of ether oxygens (including phenoxy) is 1. The van der Waals surface area contributed by atoms with E-state index in [9.17, 15) is 30.3 Å². The lowest BCUT2D eigenvalue weighted by Crippen LogP contribution is -2.01. The van der Waals surface area contributed by atoms with Gasteiger partial charge < -0.3 is 4.74 Å². The lowest BCUT2D eigenvalue weighted by molar-refractivity contribution is -0.393. The van der Waals surface area contributed by atoms with E-state index in [-0.39, 0.29) is 29.3 Å². The first-order chi connectivity index (χ1) is 13.3. The first-order valence-corrected chi connectivity index (χ1v) is 7.40. The van der Waals surface area contributed by atoms with Gasteiger partial charge in [0.25, 0.3) is 11.4 Å². The van der Waals surface area contributed by atoms with E-state index in [1.807, 2.05) is 0 Å². The molecule has 0 atom stereocenters. The van der Waals surface area contributed by atoms with Gasteiger partial charge in [0, 0.05) is 23.8 Å². The fourth-order valence-electron chi connectivity index (χ4n) is 2.05. The van der Waals surface area contributed by atoms with Crippen LogP contribution in [0.1, 0.15) is 5.56 Å². The van der Waals surface area contributed by atoms with Crippen LogP contribution in [0.25, 0.3) is 0 Å². The first kappa shape index (κ1) is 19.8. The van der Waals surface area contributed by atoms with Gasteiger partial charge in [-0.1, -0.05) is 5.92 Å². The van der Waals surface area contributed by atoms with Gasteiger partial charge in [0.2, 0.25) is 0 Å². The Balaban J connectivity index is 2.32. The van der Waals surface area contributed by atoms with Crippen LogP contribution in [0.15, 0.2) is 41.5 Å². The van der Waals surface area contributed by atoms with Gasteiger partial charge in [0.15, 0.2) is 0 Å². The number of non-ortho nitro benzene ring substituents is 2. The molecule has 0 fully saturated rings. The van der Waals surface area contributed by atoms with Crippen molar-refractivity contribution < 1.29 is 19.5 Å². The summed E-state index contributed by atoms with van der Waals surface area (Å²) in [5, 5.41) is 36.6. The third-order valence-electron chi connectivity index (χ3n) is 3.29. The molecule has 0 heterocycles. The van der Waals surface area contributed by atoms with Crippen LogP contribution in [-0.2, 0) is 0 Å². The quantitative estimate of drug-likeness (QED) is 0.314. The molecular formula is C16H11N5O7. The number of nitrogens with zero attached hydrogens (tertiary/aromatic N) is 4. The summed E-state index contributed by atoms with van der Waals surface area (Å²) in [6, 6.07) is 6.72. The molecule has 2 aromatic carbocycles.